The number of nitriles is 1. The molecular formula is C12H10FN3O2. The van der Waals surface area contributed by atoms with Gasteiger partial charge in [-0.3, -0.25) is 9.59 Å². The van der Waals surface area contributed by atoms with Crippen molar-refractivity contribution in [2.45, 2.75) is 6.42 Å². The second-order valence-corrected chi connectivity index (χ2v) is 4.08. The molecule has 0 aliphatic carbocycles. The molecule has 0 radical (unpaired) electrons. The second kappa shape index (κ2) is 4.45. The summed E-state index contributed by atoms with van der Waals surface area (Å²) < 4.78 is 13.2. The Balaban J connectivity index is 2.38. The molecule has 2 N–H and O–H groups in total. The molecule has 1 unspecified atom stereocenters. The standard InChI is InChI=1S/C12H10FN3O2/c13-9-2-1-7(5-14)10(4-9)16-6-8(12(15)18)3-11(16)17/h1-2,4,8H,3,6H2,(H2,15,18). The van der Waals surface area contributed by atoms with Crippen molar-refractivity contribution in [1.82, 2.24) is 0 Å². The van der Waals surface area contributed by atoms with Crippen molar-refractivity contribution in [1.29, 1.82) is 5.26 Å². The fourth-order valence-corrected chi connectivity index (χ4v) is 1.95. The first kappa shape index (κ1) is 12.0. The van der Waals surface area contributed by atoms with E-state index in [-0.39, 0.29) is 30.1 Å². The average molecular weight is 247 g/mol. The quantitative estimate of drug-likeness (QED) is 0.827. The Kier molecular flexibility index (Phi) is 2.98. The van der Waals surface area contributed by atoms with Gasteiger partial charge in [0.1, 0.15) is 11.9 Å². The summed E-state index contributed by atoms with van der Waals surface area (Å²) in [5.74, 6) is -2.03. The maximum atomic E-state index is 13.2. The monoisotopic (exact) mass is 247 g/mol. The van der Waals surface area contributed by atoms with Gasteiger partial charge in [-0.25, -0.2) is 4.39 Å². The van der Waals surface area contributed by atoms with Crippen LogP contribution in [-0.2, 0) is 9.59 Å². The molecule has 1 aromatic rings. The number of nitrogens with zero attached hydrogens (tertiary/aromatic N) is 2. The number of hydrogen-bond donors (Lipinski definition) is 1. The van der Waals surface area contributed by atoms with Crippen LogP contribution in [0.1, 0.15) is 12.0 Å². The summed E-state index contributed by atoms with van der Waals surface area (Å²) in [6.07, 6.45) is -0.00326. The van der Waals surface area contributed by atoms with Crippen molar-refractivity contribution in [2.75, 3.05) is 11.4 Å². The molecule has 1 fully saturated rings. The molecular weight excluding hydrogens is 237 g/mol. The third-order valence-corrected chi connectivity index (χ3v) is 2.90. The van der Waals surface area contributed by atoms with Gasteiger partial charge in [-0.05, 0) is 18.2 Å². The van der Waals surface area contributed by atoms with Crippen molar-refractivity contribution in [3.8, 4) is 6.07 Å². The van der Waals surface area contributed by atoms with Gasteiger partial charge in [0.05, 0.1) is 17.2 Å². The van der Waals surface area contributed by atoms with Crippen LogP contribution in [0.4, 0.5) is 10.1 Å². The van der Waals surface area contributed by atoms with Crippen LogP contribution < -0.4 is 10.6 Å². The number of carbonyl (C=O) groups excluding carboxylic acids is 2. The minimum atomic E-state index is -0.590. The summed E-state index contributed by atoms with van der Waals surface area (Å²) in [5.41, 5.74) is 5.52. The highest BCUT2D eigenvalue weighted by Gasteiger charge is 2.35. The summed E-state index contributed by atoms with van der Waals surface area (Å²) in [6, 6.07) is 5.45. The van der Waals surface area contributed by atoms with E-state index in [0.717, 1.165) is 12.1 Å². The van der Waals surface area contributed by atoms with E-state index >= 15 is 0 Å². The number of benzene rings is 1. The Labute approximate surface area is 103 Å². The fraction of sp³-hybridized carbons (Fsp3) is 0.250. The number of rotatable bonds is 2. The zero-order valence-electron chi connectivity index (χ0n) is 9.39. The van der Waals surface area contributed by atoms with Crippen LogP contribution in [-0.4, -0.2) is 18.4 Å². The van der Waals surface area contributed by atoms with Gasteiger partial charge in [0.2, 0.25) is 11.8 Å². The molecule has 0 bridgehead atoms. The van der Waals surface area contributed by atoms with Crippen LogP contribution in [0.2, 0.25) is 0 Å². The van der Waals surface area contributed by atoms with Gasteiger partial charge >= 0.3 is 0 Å². The molecule has 0 spiro atoms. The van der Waals surface area contributed by atoms with E-state index in [0.29, 0.717) is 0 Å². The molecule has 1 saturated heterocycles. The Morgan fingerprint density at radius 3 is 2.83 bits per heavy atom. The van der Waals surface area contributed by atoms with Crippen molar-refractivity contribution < 1.29 is 14.0 Å². The molecule has 6 heteroatoms. The Morgan fingerprint density at radius 1 is 1.56 bits per heavy atom. The van der Waals surface area contributed by atoms with E-state index in [4.69, 9.17) is 11.0 Å². The van der Waals surface area contributed by atoms with Gasteiger partial charge in [-0.15, -0.1) is 0 Å². The predicted molar refractivity (Wildman–Crippen MR) is 60.8 cm³/mol. The highest BCUT2D eigenvalue weighted by atomic mass is 19.1. The van der Waals surface area contributed by atoms with Gasteiger partial charge in [0, 0.05) is 13.0 Å². The molecule has 1 atom stereocenters. The molecule has 0 saturated carbocycles. The molecule has 2 amide bonds. The third-order valence-electron chi connectivity index (χ3n) is 2.90. The van der Waals surface area contributed by atoms with Crippen LogP contribution in [0.3, 0.4) is 0 Å². The van der Waals surface area contributed by atoms with Crippen molar-refractivity contribution >= 4 is 17.5 Å². The number of amides is 2. The number of anilines is 1. The summed E-state index contributed by atoms with van der Waals surface area (Å²) in [4.78, 5) is 24.0. The van der Waals surface area contributed by atoms with E-state index in [9.17, 15) is 14.0 Å². The fourth-order valence-electron chi connectivity index (χ4n) is 1.95. The van der Waals surface area contributed by atoms with Gasteiger partial charge in [-0.2, -0.15) is 5.26 Å². The van der Waals surface area contributed by atoms with E-state index in [1.54, 1.807) is 0 Å². The van der Waals surface area contributed by atoms with Gasteiger partial charge < -0.3 is 10.6 Å². The summed E-state index contributed by atoms with van der Waals surface area (Å²) in [5, 5.41) is 8.93. The van der Waals surface area contributed by atoms with E-state index < -0.39 is 17.6 Å². The number of hydrogen-bond acceptors (Lipinski definition) is 3. The van der Waals surface area contributed by atoms with Gasteiger partial charge in [-0.1, -0.05) is 0 Å². The zero-order chi connectivity index (χ0) is 13.3. The normalized spacial score (nSPS) is 18.8. The number of nitrogens with two attached hydrogens (primary N) is 1. The smallest absolute Gasteiger partial charge is 0.227 e. The largest absolute Gasteiger partial charge is 0.369 e. The summed E-state index contributed by atoms with van der Waals surface area (Å²) >= 11 is 0. The van der Waals surface area contributed by atoms with Crippen molar-refractivity contribution in [3.05, 3.63) is 29.6 Å². The molecule has 1 aliphatic rings. The maximum absolute atomic E-state index is 13.2. The molecule has 1 aromatic carbocycles. The van der Waals surface area contributed by atoms with Gasteiger partial charge in [0.25, 0.3) is 0 Å². The third kappa shape index (κ3) is 2.02. The average Bonchev–Trinajstić information content (AvgIpc) is 2.71. The van der Waals surface area contributed by atoms with Gasteiger partial charge in [0.15, 0.2) is 0 Å². The minimum Gasteiger partial charge on any atom is -0.369 e. The highest BCUT2D eigenvalue weighted by Crippen LogP contribution is 2.28. The Morgan fingerprint density at radius 2 is 2.28 bits per heavy atom. The van der Waals surface area contributed by atoms with Crippen molar-refractivity contribution in [2.24, 2.45) is 11.7 Å². The first-order valence-corrected chi connectivity index (χ1v) is 5.32. The first-order chi connectivity index (χ1) is 8.52. The highest BCUT2D eigenvalue weighted by molar-refractivity contribution is 6.00. The SMILES string of the molecule is N#Cc1ccc(F)cc1N1CC(C(N)=O)CC1=O. The topological polar surface area (TPSA) is 87.2 Å². The summed E-state index contributed by atoms with van der Waals surface area (Å²) in [7, 11) is 0. The van der Waals surface area contributed by atoms with E-state index in [2.05, 4.69) is 0 Å². The number of primary amides is 1. The Bertz CT molecular complexity index is 565. The van der Waals surface area contributed by atoms with Crippen molar-refractivity contribution in [3.63, 3.8) is 0 Å². The van der Waals surface area contributed by atoms with Crippen LogP contribution >= 0.6 is 0 Å². The molecule has 1 heterocycles. The van der Waals surface area contributed by atoms with Crippen LogP contribution in [0.25, 0.3) is 0 Å². The Hall–Kier alpha value is -2.42. The van der Waals surface area contributed by atoms with Crippen LogP contribution in [0.5, 0.6) is 0 Å². The second-order valence-electron chi connectivity index (χ2n) is 4.08. The predicted octanol–water partition coefficient (Wildman–Crippen LogP) is 0.536. The molecule has 1 aliphatic heterocycles. The molecule has 18 heavy (non-hydrogen) atoms. The molecule has 0 aromatic heterocycles. The first-order valence-electron chi connectivity index (χ1n) is 5.32. The zero-order valence-corrected chi connectivity index (χ0v) is 9.39. The van der Waals surface area contributed by atoms with E-state index in [1.807, 2.05) is 6.07 Å². The number of carbonyl (C=O) groups is 2. The van der Waals surface area contributed by atoms with Crippen LogP contribution in [0.15, 0.2) is 18.2 Å². The summed E-state index contributed by atoms with van der Waals surface area (Å²) in [6.45, 7) is 0.0896. The number of halogens is 1. The molecule has 92 valence electrons. The molecule has 2 rings (SSSR count). The van der Waals surface area contributed by atoms with E-state index in [1.165, 1.54) is 11.0 Å². The lowest BCUT2D eigenvalue weighted by Crippen LogP contribution is -2.29. The lowest BCUT2D eigenvalue weighted by molar-refractivity contribution is -0.123. The lowest BCUT2D eigenvalue weighted by Gasteiger charge is -2.17. The van der Waals surface area contributed by atoms with Crippen LogP contribution in [0, 0.1) is 23.1 Å². The minimum absolute atomic E-state index is 0.00326. The molecule has 5 nitrogen and oxygen atoms in total. The maximum Gasteiger partial charge on any atom is 0.227 e. The lowest BCUT2D eigenvalue weighted by atomic mass is 10.1.